The van der Waals surface area contributed by atoms with E-state index in [1.54, 1.807) is 7.11 Å². The van der Waals surface area contributed by atoms with Crippen molar-refractivity contribution < 1.29 is 8.95 Å². The summed E-state index contributed by atoms with van der Waals surface area (Å²) in [6.45, 7) is 4.01. The van der Waals surface area contributed by atoms with Gasteiger partial charge in [-0.25, -0.2) is 0 Å². The van der Waals surface area contributed by atoms with Gasteiger partial charge in [0.25, 0.3) is 0 Å². The average Bonchev–Trinajstić information content (AvgIpc) is 2.93. The lowest BCUT2D eigenvalue weighted by Crippen LogP contribution is -2.01. The number of fused-ring (bicyclic) bond motifs is 1. The zero-order valence-electron chi connectivity index (χ0n) is 12.8. The van der Waals surface area contributed by atoms with Crippen molar-refractivity contribution in [3.63, 3.8) is 0 Å². The number of aryl methyl sites for hydroxylation is 2. The monoisotopic (exact) mass is 314 g/mol. The maximum Gasteiger partial charge on any atom is 0.119 e. The fourth-order valence-electron chi connectivity index (χ4n) is 2.43. The number of aromatic nitrogens is 2. The smallest absolute Gasteiger partial charge is 0.119 e. The number of hydrogen-bond donors (Lipinski definition) is 1. The minimum atomic E-state index is -1.15. The van der Waals surface area contributed by atoms with Crippen molar-refractivity contribution in [2.75, 3.05) is 7.11 Å². The second kappa shape index (κ2) is 5.93. The topological polar surface area (TPSA) is 55.0 Å². The van der Waals surface area contributed by atoms with Crippen LogP contribution in [-0.2, 0) is 16.6 Å². The van der Waals surface area contributed by atoms with Gasteiger partial charge in [-0.15, -0.1) is 0 Å². The number of pyridine rings is 1. The van der Waals surface area contributed by atoms with Crippen LogP contribution in [-0.4, -0.2) is 21.3 Å². The van der Waals surface area contributed by atoms with E-state index in [1.165, 1.54) is 0 Å². The minimum absolute atomic E-state index is 0.413. The van der Waals surface area contributed by atoms with Gasteiger partial charge in [0.15, 0.2) is 0 Å². The standard InChI is InChI=1S/C17H18N2O2S/c1-11-6-12(2)16(18-9-11)10-22(20)17-8-13-7-14(21-3)4-5-15(13)19-17/h4-9,19H,10H2,1-3H3. The average molecular weight is 314 g/mol. The second-order valence-corrected chi connectivity index (χ2v) is 6.77. The minimum Gasteiger partial charge on any atom is -0.497 e. The fourth-order valence-corrected chi connectivity index (χ4v) is 3.62. The van der Waals surface area contributed by atoms with Crippen LogP contribution < -0.4 is 4.74 Å². The molecule has 2 aromatic heterocycles. The molecular weight excluding hydrogens is 296 g/mol. The predicted octanol–water partition coefficient (Wildman–Crippen LogP) is 3.50. The van der Waals surface area contributed by atoms with Crippen LogP contribution in [0.3, 0.4) is 0 Å². The van der Waals surface area contributed by atoms with Crippen molar-refractivity contribution in [3.8, 4) is 5.75 Å². The summed E-state index contributed by atoms with van der Waals surface area (Å²) in [5.74, 6) is 1.20. The van der Waals surface area contributed by atoms with Crippen molar-refractivity contribution >= 4 is 21.7 Å². The molecule has 3 aromatic rings. The van der Waals surface area contributed by atoms with Crippen molar-refractivity contribution in [2.45, 2.75) is 24.6 Å². The molecule has 2 heterocycles. The molecule has 0 aliphatic heterocycles. The Morgan fingerprint density at radius 2 is 2.05 bits per heavy atom. The zero-order chi connectivity index (χ0) is 15.7. The SMILES string of the molecule is COc1ccc2[nH]c(S(=O)Cc3ncc(C)cc3C)cc2c1. The second-order valence-electron chi connectivity index (χ2n) is 5.35. The van der Waals surface area contributed by atoms with E-state index in [9.17, 15) is 4.21 Å². The number of nitrogens with zero attached hydrogens (tertiary/aromatic N) is 1. The lowest BCUT2D eigenvalue weighted by molar-refractivity contribution is 0.415. The van der Waals surface area contributed by atoms with Crippen LogP contribution in [0.1, 0.15) is 16.8 Å². The van der Waals surface area contributed by atoms with Crippen LogP contribution in [0.15, 0.2) is 41.6 Å². The molecule has 5 heteroatoms. The Balaban J connectivity index is 1.88. The maximum absolute atomic E-state index is 12.6. The molecular formula is C17H18N2O2S. The van der Waals surface area contributed by atoms with E-state index in [2.05, 4.69) is 16.0 Å². The highest BCUT2D eigenvalue weighted by Gasteiger charge is 2.12. The largest absolute Gasteiger partial charge is 0.497 e. The molecule has 22 heavy (non-hydrogen) atoms. The molecule has 1 aromatic carbocycles. The molecule has 4 nitrogen and oxygen atoms in total. The van der Waals surface area contributed by atoms with E-state index in [0.717, 1.165) is 33.5 Å². The van der Waals surface area contributed by atoms with Crippen molar-refractivity contribution in [1.29, 1.82) is 0 Å². The van der Waals surface area contributed by atoms with Crippen molar-refractivity contribution in [1.82, 2.24) is 9.97 Å². The van der Waals surface area contributed by atoms with Gasteiger partial charge < -0.3 is 9.72 Å². The van der Waals surface area contributed by atoms with Crippen molar-refractivity contribution in [2.24, 2.45) is 0 Å². The summed E-state index contributed by atoms with van der Waals surface area (Å²) in [6.07, 6.45) is 1.82. The lowest BCUT2D eigenvalue weighted by atomic mass is 10.2. The molecule has 0 saturated carbocycles. The number of aromatic amines is 1. The summed E-state index contributed by atoms with van der Waals surface area (Å²) in [7, 11) is 0.486. The van der Waals surface area contributed by atoms with Crippen molar-refractivity contribution in [3.05, 3.63) is 53.3 Å². The number of ether oxygens (including phenoxy) is 1. The first-order chi connectivity index (χ1) is 10.6. The molecule has 1 atom stereocenters. The van der Waals surface area contributed by atoms with Gasteiger partial charge in [-0.2, -0.15) is 0 Å². The Hall–Kier alpha value is -2.14. The molecule has 1 unspecified atom stereocenters. The van der Waals surface area contributed by atoms with Gasteiger partial charge in [0, 0.05) is 17.1 Å². The van der Waals surface area contributed by atoms with Gasteiger partial charge in [-0.05, 0) is 49.2 Å². The highest BCUT2D eigenvalue weighted by molar-refractivity contribution is 7.84. The third-order valence-corrected chi connectivity index (χ3v) is 4.89. The molecule has 0 radical (unpaired) electrons. The quantitative estimate of drug-likeness (QED) is 0.802. The molecule has 0 bridgehead atoms. The van der Waals surface area contributed by atoms with E-state index < -0.39 is 10.8 Å². The Morgan fingerprint density at radius 1 is 1.23 bits per heavy atom. The van der Waals surface area contributed by atoms with E-state index >= 15 is 0 Å². The Kier molecular flexibility index (Phi) is 3.98. The van der Waals surface area contributed by atoms with Crippen LogP contribution in [0.25, 0.3) is 10.9 Å². The molecule has 0 saturated heterocycles. The number of H-pyrrole nitrogens is 1. The van der Waals surface area contributed by atoms with Gasteiger partial charge in [-0.3, -0.25) is 9.19 Å². The van der Waals surface area contributed by atoms with Gasteiger partial charge in [-0.1, -0.05) is 6.07 Å². The summed E-state index contributed by atoms with van der Waals surface area (Å²) in [5, 5.41) is 1.71. The highest BCUT2D eigenvalue weighted by Crippen LogP contribution is 2.24. The predicted molar refractivity (Wildman–Crippen MR) is 88.7 cm³/mol. The molecule has 0 aliphatic rings. The Morgan fingerprint density at radius 3 is 2.77 bits per heavy atom. The van der Waals surface area contributed by atoms with Gasteiger partial charge in [0.05, 0.1) is 29.4 Å². The summed E-state index contributed by atoms with van der Waals surface area (Å²) in [6, 6.07) is 9.73. The lowest BCUT2D eigenvalue weighted by Gasteiger charge is -2.04. The number of nitrogens with one attached hydrogen (secondary N) is 1. The molecule has 0 spiro atoms. The molecule has 0 aliphatic carbocycles. The number of benzene rings is 1. The van der Waals surface area contributed by atoms with E-state index in [1.807, 2.05) is 44.3 Å². The highest BCUT2D eigenvalue weighted by atomic mass is 32.2. The fraction of sp³-hybridized carbons (Fsp3) is 0.235. The molecule has 3 rings (SSSR count). The van der Waals surface area contributed by atoms with Crippen LogP contribution in [0.5, 0.6) is 5.75 Å². The Labute approximate surface area is 132 Å². The van der Waals surface area contributed by atoms with Crippen LogP contribution >= 0.6 is 0 Å². The maximum atomic E-state index is 12.6. The molecule has 0 fully saturated rings. The van der Waals surface area contributed by atoms with Crippen LogP contribution in [0, 0.1) is 13.8 Å². The first kappa shape index (κ1) is 14.8. The van der Waals surface area contributed by atoms with Crippen LogP contribution in [0.4, 0.5) is 0 Å². The summed E-state index contributed by atoms with van der Waals surface area (Å²) >= 11 is 0. The Bertz CT molecular complexity index is 855. The molecule has 114 valence electrons. The number of hydrogen-bond acceptors (Lipinski definition) is 3. The molecule has 0 amide bonds. The van der Waals surface area contributed by atoms with E-state index in [0.29, 0.717) is 10.8 Å². The van der Waals surface area contributed by atoms with Gasteiger partial charge in [0.1, 0.15) is 10.8 Å². The molecule has 1 N–H and O–H groups in total. The zero-order valence-corrected chi connectivity index (χ0v) is 13.7. The van der Waals surface area contributed by atoms with E-state index in [-0.39, 0.29) is 0 Å². The summed E-state index contributed by atoms with van der Waals surface area (Å²) in [5.41, 5.74) is 4.02. The van der Waals surface area contributed by atoms with Crippen LogP contribution in [0.2, 0.25) is 0 Å². The van der Waals surface area contributed by atoms with Gasteiger partial charge in [0.2, 0.25) is 0 Å². The van der Waals surface area contributed by atoms with Gasteiger partial charge >= 0.3 is 0 Å². The summed E-state index contributed by atoms with van der Waals surface area (Å²) in [4.78, 5) is 7.61. The third-order valence-electron chi connectivity index (χ3n) is 3.64. The normalized spacial score (nSPS) is 12.5. The first-order valence-electron chi connectivity index (χ1n) is 7.04. The third kappa shape index (κ3) is 2.90. The first-order valence-corrected chi connectivity index (χ1v) is 8.36. The number of methoxy groups -OCH3 is 1. The van der Waals surface area contributed by atoms with E-state index in [4.69, 9.17) is 4.74 Å². The number of rotatable bonds is 4. The summed E-state index contributed by atoms with van der Waals surface area (Å²) < 4.78 is 17.8.